The molecule has 5 heteroatoms. The molecule has 1 aromatic carbocycles. The molecule has 5 nitrogen and oxygen atoms in total. The molecule has 0 bridgehead atoms. The van der Waals surface area contributed by atoms with Gasteiger partial charge in [0.15, 0.2) is 0 Å². The van der Waals surface area contributed by atoms with Crippen LogP contribution in [0.5, 0.6) is 0 Å². The van der Waals surface area contributed by atoms with Crippen molar-refractivity contribution in [1.29, 1.82) is 0 Å². The Labute approximate surface area is 106 Å². The van der Waals surface area contributed by atoms with Crippen LogP contribution in [0, 0.1) is 0 Å². The summed E-state index contributed by atoms with van der Waals surface area (Å²) < 4.78 is 4.55. The van der Waals surface area contributed by atoms with Crippen molar-refractivity contribution >= 4 is 5.97 Å². The minimum Gasteiger partial charge on any atom is -0.469 e. The molecule has 0 amide bonds. The third-order valence-electron chi connectivity index (χ3n) is 2.75. The number of rotatable bonds is 6. The first-order valence-electron chi connectivity index (χ1n) is 5.71. The zero-order valence-corrected chi connectivity index (χ0v) is 10.2. The van der Waals surface area contributed by atoms with E-state index in [9.17, 15) is 15.0 Å². The monoisotopic (exact) mass is 254 g/mol. The molecule has 2 unspecified atom stereocenters. The number of esters is 1. The lowest BCUT2D eigenvalue weighted by atomic mass is 9.96. The van der Waals surface area contributed by atoms with E-state index in [0.29, 0.717) is 12.0 Å². The Balaban J connectivity index is 2.82. The SMILES string of the molecule is COC(=O)CCc1ccccc1C(O)C(O)CO. The van der Waals surface area contributed by atoms with Crippen molar-refractivity contribution in [1.82, 2.24) is 0 Å². The molecule has 0 aliphatic carbocycles. The van der Waals surface area contributed by atoms with E-state index in [4.69, 9.17) is 5.11 Å². The molecule has 2 atom stereocenters. The quantitative estimate of drug-likeness (QED) is 0.630. The molecule has 0 aliphatic rings. The summed E-state index contributed by atoms with van der Waals surface area (Å²) in [6, 6.07) is 6.94. The molecule has 0 aliphatic heterocycles. The maximum atomic E-state index is 11.1. The van der Waals surface area contributed by atoms with E-state index in [0.717, 1.165) is 5.56 Å². The summed E-state index contributed by atoms with van der Waals surface area (Å²) in [7, 11) is 1.32. The molecule has 1 rings (SSSR count). The Morgan fingerprint density at radius 3 is 2.61 bits per heavy atom. The Bertz CT molecular complexity index is 391. The van der Waals surface area contributed by atoms with Gasteiger partial charge in [0, 0.05) is 6.42 Å². The van der Waals surface area contributed by atoms with E-state index in [1.807, 2.05) is 0 Å². The molecule has 100 valence electrons. The van der Waals surface area contributed by atoms with E-state index in [1.165, 1.54) is 7.11 Å². The number of aliphatic hydroxyl groups excluding tert-OH is 3. The summed E-state index contributed by atoms with van der Waals surface area (Å²) >= 11 is 0. The van der Waals surface area contributed by atoms with Gasteiger partial charge < -0.3 is 20.1 Å². The highest BCUT2D eigenvalue weighted by Gasteiger charge is 2.20. The zero-order chi connectivity index (χ0) is 13.5. The van der Waals surface area contributed by atoms with Crippen molar-refractivity contribution in [2.75, 3.05) is 13.7 Å². The number of methoxy groups -OCH3 is 1. The fourth-order valence-corrected chi connectivity index (χ4v) is 1.70. The molecule has 0 heterocycles. The van der Waals surface area contributed by atoms with Crippen LogP contribution in [-0.2, 0) is 16.0 Å². The van der Waals surface area contributed by atoms with Crippen LogP contribution in [0.3, 0.4) is 0 Å². The van der Waals surface area contributed by atoms with Gasteiger partial charge in [0.2, 0.25) is 0 Å². The average Bonchev–Trinajstić information content (AvgIpc) is 2.43. The van der Waals surface area contributed by atoms with Crippen molar-refractivity contribution in [3.05, 3.63) is 35.4 Å². The summed E-state index contributed by atoms with van der Waals surface area (Å²) in [5, 5.41) is 28.1. The van der Waals surface area contributed by atoms with Gasteiger partial charge in [-0.3, -0.25) is 4.79 Å². The van der Waals surface area contributed by atoms with Gasteiger partial charge in [0.05, 0.1) is 13.7 Å². The number of hydrogen-bond acceptors (Lipinski definition) is 5. The summed E-state index contributed by atoms with van der Waals surface area (Å²) in [6.07, 6.45) is -1.78. The normalized spacial score (nSPS) is 14.0. The van der Waals surface area contributed by atoms with Gasteiger partial charge in [-0.2, -0.15) is 0 Å². The van der Waals surface area contributed by atoms with Crippen molar-refractivity contribution in [2.24, 2.45) is 0 Å². The lowest BCUT2D eigenvalue weighted by Gasteiger charge is -2.19. The lowest BCUT2D eigenvalue weighted by Crippen LogP contribution is -2.23. The fourth-order valence-electron chi connectivity index (χ4n) is 1.70. The van der Waals surface area contributed by atoms with Crippen LogP contribution in [0.4, 0.5) is 0 Å². The highest BCUT2D eigenvalue weighted by atomic mass is 16.5. The molecule has 0 spiro atoms. The Morgan fingerprint density at radius 1 is 1.33 bits per heavy atom. The van der Waals surface area contributed by atoms with Crippen molar-refractivity contribution in [2.45, 2.75) is 25.0 Å². The van der Waals surface area contributed by atoms with Gasteiger partial charge in [0.1, 0.15) is 12.2 Å². The summed E-state index contributed by atoms with van der Waals surface area (Å²) in [5.74, 6) is -0.331. The second-order valence-electron chi connectivity index (χ2n) is 3.97. The van der Waals surface area contributed by atoms with Crippen molar-refractivity contribution < 1.29 is 24.9 Å². The van der Waals surface area contributed by atoms with E-state index >= 15 is 0 Å². The maximum Gasteiger partial charge on any atom is 0.305 e. The van der Waals surface area contributed by atoms with Gasteiger partial charge >= 0.3 is 5.97 Å². The molecule has 3 N–H and O–H groups in total. The second-order valence-corrected chi connectivity index (χ2v) is 3.97. The summed E-state index contributed by atoms with van der Waals surface area (Å²) in [5.41, 5.74) is 1.27. The zero-order valence-electron chi connectivity index (χ0n) is 10.2. The van der Waals surface area contributed by atoms with Crippen LogP contribution in [0.25, 0.3) is 0 Å². The van der Waals surface area contributed by atoms with Crippen LogP contribution < -0.4 is 0 Å². The molecule has 0 radical (unpaired) electrons. The van der Waals surface area contributed by atoms with Gasteiger partial charge in [0.25, 0.3) is 0 Å². The molecule has 0 fully saturated rings. The van der Waals surface area contributed by atoms with Crippen LogP contribution in [-0.4, -0.2) is 41.1 Å². The van der Waals surface area contributed by atoms with Crippen LogP contribution in [0.1, 0.15) is 23.7 Å². The number of benzene rings is 1. The van der Waals surface area contributed by atoms with Gasteiger partial charge in [-0.25, -0.2) is 0 Å². The van der Waals surface area contributed by atoms with Crippen molar-refractivity contribution in [3.8, 4) is 0 Å². The maximum absolute atomic E-state index is 11.1. The molecule has 0 saturated carbocycles. The minimum atomic E-state index is -1.23. The largest absolute Gasteiger partial charge is 0.469 e. The molecule has 0 saturated heterocycles. The number of aliphatic hydroxyl groups is 3. The van der Waals surface area contributed by atoms with Crippen LogP contribution in [0.15, 0.2) is 24.3 Å². The van der Waals surface area contributed by atoms with E-state index in [2.05, 4.69) is 4.74 Å². The molecule has 18 heavy (non-hydrogen) atoms. The number of ether oxygens (including phenoxy) is 1. The minimum absolute atomic E-state index is 0.204. The summed E-state index contributed by atoms with van der Waals surface area (Å²) in [6.45, 7) is -0.521. The first-order chi connectivity index (χ1) is 8.60. The topological polar surface area (TPSA) is 87.0 Å². The third-order valence-corrected chi connectivity index (χ3v) is 2.75. The third kappa shape index (κ3) is 3.80. The number of carbonyl (C=O) groups is 1. The molecule has 1 aromatic rings. The highest BCUT2D eigenvalue weighted by Crippen LogP contribution is 2.22. The highest BCUT2D eigenvalue weighted by molar-refractivity contribution is 5.69. The van der Waals surface area contributed by atoms with E-state index in [1.54, 1.807) is 24.3 Å². The van der Waals surface area contributed by atoms with Crippen LogP contribution in [0.2, 0.25) is 0 Å². The second kappa shape index (κ2) is 7.10. The lowest BCUT2D eigenvalue weighted by molar-refractivity contribution is -0.140. The number of hydrogen-bond donors (Lipinski definition) is 3. The number of aryl methyl sites for hydroxylation is 1. The van der Waals surface area contributed by atoms with E-state index in [-0.39, 0.29) is 12.4 Å². The first-order valence-corrected chi connectivity index (χ1v) is 5.71. The molecule has 0 aromatic heterocycles. The Hall–Kier alpha value is -1.43. The fraction of sp³-hybridized carbons (Fsp3) is 0.462. The van der Waals surface area contributed by atoms with Gasteiger partial charge in [-0.05, 0) is 17.5 Å². The Kier molecular flexibility index (Phi) is 5.77. The standard InChI is InChI=1S/C13H18O5/c1-18-12(16)7-6-9-4-2-3-5-10(9)13(17)11(15)8-14/h2-5,11,13-15,17H,6-8H2,1H3. The van der Waals surface area contributed by atoms with Gasteiger partial charge in [-0.1, -0.05) is 24.3 Å². The molecular weight excluding hydrogens is 236 g/mol. The molecular formula is C13H18O5. The van der Waals surface area contributed by atoms with Crippen LogP contribution >= 0.6 is 0 Å². The van der Waals surface area contributed by atoms with E-state index < -0.39 is 18.8 Å². The first kappa shape index (κ1) is 14.6. The van der Waals surface area contributed by atoms with Gasteiger partial charge in [-0.15, -0.1) is 0 Å². The smallest absolute Gasteiger partial charge is 0.305 e. The average molecular weight is 254 g/mol. The predicted octanol–water partition coefficient (Wildman–Crippen LogP) is 0.179. The Morgan fingerprint density at radius 2 is 2.00 bits per heavy atom. The predicted molar refractivity (Wildman–Crippen MR) is 64.8 cm³/mol. The summed E-state index contributed by atoms with van der Waals surface area (Å²) in [4.78, 5) is 11.1. The number of carbonyl (C=O) groups excluding carboxylic acids is 1. The van der Waals surface area contributed by atoms with Crippen molar-refractivity contribution in [3.63, 3.8) is 0 Å².